The van der Waals surface area contributed by atoms with Crippen molar-refractivity contribution in [2.24, 2.45) is 4.40 Å². The summed E-state index contributed by atoms with van der Waals surface area (Å²) in [5.74, 6) is 0. The number of rotatable bonds is 0. The number of nitrogens with one attached hydrogen (secondary N) is 1. The van der Waals surface area contributed by atoms with Gasteiger partial charge in [0.1, 0.15) is 11.2 Å². The normalized spacial score (nSPS) is 16.6. The Labute approximate surface area is 82.1 Å². The Morgan fingerprint density at radius 2 is 1.92 bits per heavy atom. The molecule has 0 aliphatic carbocycles. The fourth-order valence-electron chi connectivity index (χ4n) is 1.03. The van der Waals surface area contributed by atoms with E-state index in [0.29, 0.717) is 5.69 Å². The second-order valence-corrected chi connectivity index (χ2v) is 3.95. The highest BCUT2D eigenvalue weighted by atomic mass is 35.5. The molecule has 1 aliphatic rings. The summed E-state index contributed by atoms with van der Waals surface area (Å²) in [6.45, 7) is 0. The van der Waals surface area contributed by atoms with Crippen LogP contribution in [0, 0.1) is 0 Å². The lowest BCUT2D eigenvalue weighted by atomic mass is 10.3. The zero-order valence-corrected chi connectivity index (χ0v) is 8.10. The molecule has 1 heterocycles. The van der Waals surface area contributed by atoms with Gasteiger partial charge in [-0.15, -0.1) is 16.8 Å². The molecule has 0 saturated carbocycles. The van der Waals surface area contributed by atoms with Crippen molar-refractivity contribution in [2.45, 2.75) is 4.90 Å². The van der Waals surface area contributed by atoms with E-state index in [9.17, 15) is 8.42 Å². The summed E-state index contributed by atoms with van der Waals surface area (Å²) in [5.41, 5.74) is 0.576. The second kappa shape index (κ2) is 3.35. The summed E-state index contributed by atoms with van der Waals surface area (Å²) in [5, 5.41) is 2.75. The molecular formula is C7H7ClN2O2S. The number of sulfonamides is 1. The number of fused-ring (bicyclic) bond motifs is 1. The largest absolute Gasteiger partial charge is 0.345 e. The summed E-state index contributed by atoms with van der Waals surface area (Å²) >= 11 is 0. The van der Waals surface area contributed by atoms with E-state index >= 15 is 0 Å². The van der Waals surface area contributed by atoms with Gasteiger partial charge in [-0.2, -0.15) is 8.42 Å². The van der Waals surface area contributed by atoms with Crippen molar-refractivity contribution in [2.75, 3.05) is 5.32 Å². The van der Waals surface area contributed by atoms with Crippen molar-refractivity contribution in [3.63, 3.8) is 0 Å². The first-order valence-corrected chi connectivity index (χ1v) is 4.78. The smallest absolute Gasteiger partial charge is 0.285 e. The minimum atomic E-state index is -3.44. The molecule has 1 aliphatic heterocycles. The Morgan fingerprint density at radius 1 is 1.23 bits per heavy atom. The van der Waals surface area contributed by atoms with Gasteiger partial charge in [0.05, 0.1) is 5.69 Å². The molecule has 1 aromatic carbocycles. The van der Waals surface area contributed by atoms with Crippen LogP contribution in [0.3, 0.4) is 0 Å². The number of hydrogen-bond acceptors (Lipinski definition) is 3. The topological polar surface area (TPSA) is 58.5 Å². The quantitative estimate of drug-likeness (QED) is 0.713. The third kappa shape index (κ3) is 1.66. The van der Waals surface area contributed by atoms with E-state index in [1.807, 2.05) is 0 Å². The number of benzene rings is 1. The van der Waals surface area contributed by atoms with Crippen LogP contribution >= 0.6 is 12.4 Å². The number of nitrogens with zero attached hydrogens (tertiary/aromatic N) is 1. The molecule has 70 valence electrons. The summed E-state index contributed by atoms with van der Waals surface area (Å²) in [6, 6.07) is 6.64. The number of halogens is 1. The van der Waals surface area contributed by atoms with Crippen LogP contribution in [-0.4, -0.2) is 14.8 Å². The predicted octanol–water partition coefficient (Wildman–Crippen LogP) is 1.25. The lowest BCUT2D eigenvalue weighted by Gasteiger charge is -2.10. The second-order valence-electron chi connectivity index (χ2n) is 2.35. The molecule has 1 N–H and O–H groups in total. The third-order valence-electron chi connectivity index (χ3n) is 1.58. The van der Waals surface area contributed by atoms with Gasteiger partial charge in [-0.1, -0.05) is 12.1 Å². The molecule has 0 unspecified atom stereocenters. The molecule has 0 saturated heterocycles. The van der Waals surface area contributed by atoms with Crippen LogP contribution in [0.25, 0.3) is 0 Å². The molecule has 6 heteroatoms. The summed E-state index contributed by atoms with van der Waals surface area (Å²) in [4.78, 5) is 0.229. The Morgan fingerprint density at radius 3 is 2.62 bits per heavy atom. The van der Waals surface area contributed by atoms with Crippen LogP contribution in [0.2, 0.25) is 0 Å². The van der Waals surface area contributed by atoms with Crippen LogP contribution in [0.15, 0.2) is 33.6 Å². The van der Waals surface area contributed by atoms with E-state index in [-0.39, 0.29) is 17.3 Å². The van der Waals surface area contributed by atoms with E-state index in [0.717, 1.165) is 0 Å². The minimum absolute atomic E-state index is 0. The van der Waals surface area contributed by atoms with E-state index in [1.165, 1.54) is 12.4 Å². The highest BCUT2D eigenvalue weighted by Gasteiger charge is 2.18. The number of anilines is 1. The van der Waals surface area contributed by atoms with Gasteiger partial charge in [-0.25, -0.2) is 0 Å². The fourth-order valence-corrected chi connectivity index (χ4v) is 1.99. The molecule has 2 rings (SSSR count). The van der Waals surface area contributed by atoms with Crippen LogP contribution in [-0.2, 0) is 10.0 Å². The SMILES string of the molecule is Cl.O=S1(=O)N=CNc2ccccc21. The van der Waals surface area contributed by atoms with Crippen molar-refractivity contribution in [1.29, 1.82) is 0 Å². The molecular weight excluding hydrogens is 212 g/mol. The zero-order chi connectivity index (χ0) is 8.60. The highest BCUT2D eigenvalue weighted by Crippen LogP contribution is 2.24. The monoisotopic (exact) mass is 218 g/mol. The zero-order valence-electron chi connectivity index (χ0n) is 6.47. The minimum Gasteiger partial charge on any atom is -0.345 e. The average molecular weight is 219 g/mol. The fraction of sp³-hybridized carbons (Fsp3) is 0. The van der Waals surface area contributed by atoms with Gasteiger partial charge in [0.15, 0.2) is 0 Å². The maximum absolute atomic E-state index is 11.2. The standard InChI is InChI=1S/C7H6N2O2S.ClH/c10-12(11)7-4-2-1-3-6(7)8-5-9-12;/h1-5H,(H,8,9);1H. The lowest BCUT2D eigenvalue weighted by molar-refractivity contribution is 0.598. The first kappa shape index (κ1) is 10.0. The molecule has 1 aromatic rings. The van der Waals surface area contributed by atoms with Gasteiger partial charge in [-0.05, 0) is 12.1 Å². The van der Waals surface area contributed by atoms with Gasteiger partial charge < -0.3 is 5.32 Å². The molecule has 0 amide bonds. The molecule has 0 bridgehead atoms. The van der Waals surface area contributed by atoms with E-state index in [4.69, 9.17) is 0 Å². The molecule has 0 atom stereocenters. The summed E-state index contributed by atoms with van der Waals surface area (Å²) in [7, 11) is -3.44. The number of para-hydroxylation sites is 1. The molecule has 0 radical (unpaired) electrons. The molecule has 0 aromatic heterocycles. The Bertz CT molecular complexity index is 442. The Balaban J connectivity index is 0.000000845. The van der Waals surface area contributed by atoms with Gasteiger partial charge in [0.25, 0.3) is 10.0 Å². The molecule has 13 heavy (non-hydrogen) atoms. The molecule has 0 fully saturated rings. The van der Waals surface area contributed by atoms with Gasteiger partial charge in [-0.3, -0.25) is 0 Å². The van der Waals surface area contributed by atoms with Gasteiger partial charge in [0, 0.05) is 0 Å². The first-order valence-electron chi connectivity index (χ1n) is 3.34. The van der Waals surface area contributed by atoms with E-state index in [1.54, 1.807) is 18.2 Å². The van der Waals surface area contributed by atoms with Crippen LogP contribution in [0.1, 0.15) is 0 Å². The van der Waals surface area contributed by atoms with Crippen molar-refractivity contribution in [3.05, 3.63) is 24.3 Å². The number of hydrogen-bond donors (Lipinski definition) is 1. The summed E-state index contributed by atoms with van der Waals surface area (Å²) in [6.07, 6.45) is 1.18. The first-order chi connectivity index (χ1) is 5.70. The van der Waals surface area contributed by atoms with Gasteiger partial charge in [0.2, 0.25) is 0 Å². The Kier molecular flexibility index (Phi) is 2.58. The van der Waals surface area contributed by atoms with Crippen molar-refractivity contribution >= 4 is 34.5 Å². The average Bonchev–Trinajstić information content (AvgIpc) is 2.04. The maximum atomic E-state index is 11.2. The van der Waals surface area contributed by atoms with Gasteiger partial charge >= 0.3 is 0 Å². The lowest BCUT2D eigenvalue weighted by Crippen LogP contribution is -2.10. The highest BCUT2D eigenvalue weighted by molar-refractivity contribution is 7.90. The van der Waals surface area contributed by atoms with E-state index in [2.05, 4.69) is 9.71 Å². The Hall–Kier alpha value is -1.07. The molecule has 0 spiro atoms. The van der Waals surface area contributed by atoms with E-state index < -0.39 is 10.0 Å². The maximum Gasteiger partial charge on any atom is 0.285 e. The summed E-state index contributed by atoms with van der Waals surface area (Å²) < 4.78 is 25.8. The van der Waals surface area contributed by atoms with Crippen LogP contribution in [0.4, 0.5) is 5.69 Å². The van der Waals surface area contributed by atoms with Crippen LogP contribution < -0.4 is 5.32 Å². The van der Waals surface area contributed by atoms with Crippen molar-refractivity contribution < 1.29 is 8.42 Å². The van der Waals surface area contributed by atoms with Crippen molar-refractivity contribution in [1.82, 2.24) is 0 Å². The predicted molar refractivity (Wildman–Crippen MR) is 53.0 cm³/mol. The molecule has 4 nitrogen and oxygen atoms in total. The van der Waals surface area contributed by atoms with Crippen molar-refractivity contribution in [3.8, 4) is 0 Å². The third-order valence-corrected chi connectivity index (χ3v) is 2.87. The van der Waals surface area contributed by atoms with Crippen LogP contribution in [0.5, 0.6) is 0 Å².